The number of ether oxygens (including phenoxy) is 1. The van der Waals surface area contributed by atoms with Crippen molar-refractivity contribution in [2.75, 3.05) is 38.1 Å². The Kier molecular flexibility index (Phi) is 5.88. The van der Waals surface area contributed by atoms with Crippen molar-refractivity contribution in [2.45, 2.75) is 38.2 Å². The van der Waals surface area contributed by atoms with Crippen LogP contribution in [0.15, 0.2) is 43.0 Å². The number of nitrogens with zero attached hydrogens (tertiary/aromatic N) is 7. The summed E-state index contributed by atoms with van der Waals surface area (Å²) in [7, 11) is 2.16. The van der Waals surface area contributed by atoms with Gasteiger partial charge in [-0.15, -0.1) is 0 Å². The van der Waals surface area contributed by atoms with E-state index in [1.165, 1.54) is 19.3 Å². The van der Waals surface area contributed by atoms with Crippen LogP contribution in [0.25, 0.3) is 44.8 Å². The fraction of sp³-hybridized carbons (Fsp3) is 0.393. The maximum Gasteiger partial charge on any atom is 0.161 e. The van der Waals surface area contributed by atoms with E-state index in [0.717, 1.165) is 89.5 Å². The molecule has 38 heavy (non-hydrogen) atoms. The quantitative estimate of drug-likeness (QED) is 0.358. The van der Waals surface area contributed by atoms with Gasteiger partial charge in [0.25, 0.3) is 0 Å². The van der Waals surface area contributed by atoms with Crippen molar-refractivity contribution in [2.24, 2.45) is 0 Å². The van der Waals surface area contributed by atoms with Crippen LogP contribution in [0.3, 0.4) is 0 Å². The number of nitrogens with one attached hydrogen (secondary N) is 2. The Hall–Kier alpha value is -4.05. The number of piperazine rings is 1. The van der Waals surface area contributed by atoms with Crippen molar-refractivity contribution < 1.29 is 4.74 Å². The molecule has 10 nitrogen and oxygen atoms in total. The summed E-state index contributed by atoms with van der Waals surface area (Å²) in [4.78, 5) is 26.8. The number of likely N-dealkylation sites (N-methyl/N-ethyl adjacent to an activating group) is 1. The Morgan fingerprint density at radius 1 is 0.974 bits per heavy atom. The van der Waals surface area contributed by atoms with Gasteiger partial charge in [0.15, 0.2) is 11.5 Å². The van der Waals surface area contributed by atoms with E-state index in [2.05, 4.69) is 53.0 Å². The number of anilines is 1. The van der Waals surface area contributed by atoms with Crippen molar-refractivity contribution in [3.05, 3.63) is 43.0 Å². The molecule has 0 amide bonds. The first-order chi connectivity index (χ1) is 18.7. The number of hydrogen-bond acceptors (Lipinski definition) is 8. The summed E-state index contributed by atoms with van der Waals surface area (Å²) in [5.74, 6) is 1.48. The molecule has 0 aromatic carbocycles. The van der Waals surface area contributed by atoms with Gasteiger partial charge in [0.1, 0.15) is 17.0 Å². The van der Waals surface area contributed by atoms with Gasteiger partial charge in [-0.1, -0.05) is 6.42 Å². The molecule has 0 unspecified atom stereocenters. The third kappa shape index (κ3) is 4.34. The number of imidazole rings is 1. The van der Waals surface area contributed by atoms with Gasteiger partial charge in [-0.2, -0.15) is 5.10 Å². The molecule has 1 aliphatic carbocycles. The molecule has 2 aliphatic rings. The van der Waals surface area contributed by atoms with Crippen molar-refractivity contribution in [1.29, 1.82) is 0 Å². The van der Waals surface area contributed by atoms with E-state index in [1.54, 1.807) is 6.20 Å². The third-order valence-electron chi connectivity index (χ3n) is 7.74. The zero-order valence-corrected chi connectivity index (χ0v) is 21.5. The summed E-state index contributed by atoms with van der Waals surface area (Å²) in [5.41, 5.74) is 6.05. The van der Waals surface area contributed by atoms with Crippen molar-refractivity contribution in [1.82, 2.24) is 40.0 Å². The van der Waals surface area contributed by atoms with Crippen molar-refractivity contribution in [3.63, 3.8) is 0 Å². The van der Waals surface area contributed by atoms with Crippen molar-refractivity contribution >= 4 is 27.8 Å². The van der Waals surface area contributed by atoms with Gasteiger partial charge in [-0.25, -0.2) is 9.97 Å². The normalized spacial score (nSPS) is 17.4. The number of H-pyrrole nitrogens is 2. The number of fused-ring (bicyclic) bond motifs is 2. The van der Waals surface area contributed by atoms with Crippen LogP contribution < -0.4 is 9.64 Å². The number of aromatic nitrogens is 7. The molecule has 0 spiro atoms. The van der Waals surface area contributed by atoms with Crippen LogP contribution in [0.4, 0.5) is 5.69 Å². The molecule has 7 rings (SSSR count). The zero-order chi connectivity index (χ0) is 25.5. The minimum Gasteiger partial charge on any atom is -0.489 e. The van der Waals surface area contributed by atoms with E-state index in [1.807, 2.05) is 30.7 Å². The smallest absolute Gasteiger partial charge is 0.161 e. The second-order valence-corrected chi connectivity index (χ2v) is 10.4. The lowest BCUT2D eigenvalue weighted by atomic mass is 9.98. The highest BCUT2D eigenvalue weighted by Crippen LogP contribution is 2.32. The van der Waals surface area contributed by atoms with Gasteiger partial charge < -0.3 is 19.5 Å². The van der Waals surface area contributed by atoms with E-state index in [0.29, 0.717) is 5.82 Å². The predicted molar refractivity (Wildman–Crippen MR) is 147 cm³/mol. The topological polar surface area (TPSA) is 112 Å². The summed E-state index contributed by atoms with van der Waals surface area (Å²) < 4.78 is 6.25. The van der Waals surface area contributed by atoms with Crippen molar-refractivity contribution in [3.8, 4) is 28.5 Å². The van der Waals surface area contributed by atoms with Gasteiger partial charge in [0.2, 0.25) is 0 Å². The fourth-order valence-corrected chi connectivity index (χ4v) is 5.57. The van der Waals surface area contributed by atoms with Gasteiger partial charge in [-0.3, -0.25) is 15.1 Å². The Labute approximate surface area is 220 Å². The highest BCUT2D eigenvalue weighted by atomic mass is 16.5. The van der Waals surface area contributed by atoms with E-state index in [-0.39, 0.29) is 6.10 Å². The summed E-state index contributed by atoms with van der Waals surface area (Å²) in [6, 6.07) is 6.12. The average molecular weight is 510 g/mol. The number of aromatic amines is 2. The number of rotatable bonds is 5. The molecule has 0 atom stereocenters. The van der Waals surface area contributed by atoms with Gasteiger partial charge in [0.05, 0.1) is 35.4 Å². The van der Waals surface area contributed by atoms with E-state index in [9.17, 15) is 0 Å². The summed E-state index contributed by atoms with van der Waals surface area (Å²) >= 11 is 0. The lowest BCUT2D eigenvalue weighted by molar-refractivity contribution is 0.154. The summed E-state index contributed by atoms with van der Waals surface area (Å²) in [6.45, 7) is 4.00. The first-order valence-corrected chi connectivity index (χ1v) is 13.5. The molecule has 2 fully saturated rings. The molecule has 2 N–H and O–H groups in total. The molecule has 0 radical (unpaired) electrons. The Balaban J connectivity index is 1.22. The first kappa shape index (κ1) is 23.1. The highest BCUT2D eigenvalue weighted by Gasteiger charge is 2.21. The molecule has 10 heteroatoms. The van der Waals surface area contributed by atoms with Crippen LogP contribution in [-0.4, -0.2) is 79.3 Å². The number of hydrogen-bond donors (Lipinski definition) is 2. The second-order valence-electron chi connectivity index (χ2n) is 10.4. The lowest BCUT2D eigenvalue weighted by Crippen LogP contribution is -2.44. The minimum atomic E-state index is 0.272. The Morgan fingerprint density at radius 3 is 2.71 bits per heavy atom. The van der Waals surface area contributed by atoms with E-state index >= 15 is 0 Å². The predicted octanol–water partition coefficient (Wildman–Crippen LogP) is 4.42. The molecular formula is C28H31N9O. The Morgan fingerprint density at radius 2 is 1.84 bits per heavy atom. The van der Waals surface area contributed by atoms with Crippen LogP contribution >= 0.6 is 0 Å². The standard InChI is InChI=1S/C28H31N9O/c1-36-9-11-37(12-10-36)24-7-8-30-27-26(24)32-28(33-27)25-21-14-22(31-17-23(21)34-35-25)18-13-20(16-29-15-18)38-19-5-3-2-4-6-19/h7-8,13-17,19H,2-6,9-12H2,1H3,(H,34,35)(H,30,32,33). The van der Waals surface area contributed by atoms with Gasteiger partial charge >= 0.3 is 0 Å². The monoisotopic (exact) mass is 509 g/mol. The van der Waals surface area contributed by atoms with Crippen LogP contribution in [0.1, 0.15) is 32.1 Å². The SMILES string of the molecule is CN1CCN(c2ccnc3[nH]c(-c4n[nH]c5cnc(-c6cncc(OC7CCCCC7)c6)cc45)nc23)CC1. The zero-order valence-electron chi connectivity index (χ0n) is 21.5. The molecule has 5 aromatic rings. The van der Waals surface area contributed by atoms with Crippen LogP contribution in [-0.2, 0) is 0 Å². The third-order valence-corrected chi connectivity index (χ3v) is 7.74. The van der Waals surface area contributed by atoms with Gasteiger partial charge in [-0.05, 0) is 50.9 Å². The average Bonchev–Trinajstić information content (AvgIpc) is 3.58. The van der Waals surface area contributed by atoms with Crippen LogP contribution in [0, 0.1) is 0 Å². The first-order valence-electron chi connectivity index (χ1n) is 13.5. The second kappa shape index (κ2) is 9.68. The fourth-order valence-electron chi connectivity index (χ4n) is 5.57. The molecule has 1 saturated carbocycles. The maximum atomic E-state index is 6.25. The molecular weight excluding hydrogens is 478 g/mol. The van der Waals surface area contributed by atoms with E-state index < -0.39 is 0 Å². The lowest BCUT2D eigenvalue weighted by Gasteiger charge is -2.33. The van der Waals surface area contributed by atoms with E-state index in [4.69, 9.17) is 9.72 Å². The summed E-state index contributed by atoms with van der Waals surface area (Å²) in [6.07, 6.45) is 13.5. The van der Waals surface area contributed by atoms with Crippen LogP contribution in [0.2, 0.25) is 0 Å². The Bertz CT molecular complexity index is 1580. The molecule has 1 aliphatic heterocycles. The maximum absolute atomic E-state index is 6.25. The molecule has 5 aromatic heterocycles. The van der Waals surface area contributed by atoms with Crippen LogP contribution in [0.5, 0.6) is 5.75 Å². The molecule has 0 bridgehead atoms. The largest absolute Gasteiger partial charge is 0.489 e. The number of pyridine rings is 3. The molecule has 6 heterocycles. The minimum absolute atomic E-state index is 0.272. The summed E-state index contributed by atoms with van der Waals surface area (Å²) in [5, 5.41) is 8.64. The molecule has 1 saturated heterocycles. The highest BCUT2D eigenvalue weighted by molar-refractivity contribution is 5.95. The molecule has 194 valence electrons. The van der Waals surface area contributed by atoms with Gasteiger partial charge in [0, 0.05) is 49.5 Å².